The van der Waals surface area contributed by atoms with Crippen LogP contribution in [0.1, 0.15) is 46.0 Å². The zero-order chi connectivity index (χ0) is 11.6. The lowest BCUT2D eigenvalue weighted by molar-refractivity contribution is 0.116. The van der Waals surface area contributed by atoms with E-state index in [0.29, 0.717) is 5.41 Å². The smallest absolute Gasteiger partial charge is 0.00949 e. The summed E-state index contributed by atoms with van der Waals surface area (Å²) >= 11 is 0. The summed E-state index contributed by atoms with van der Waals surface area (Å²) in [6, 6.07) is 0.848. The predicted molar refractivity (Wildman–Crippen MR) is 76.9 cm³/mol. The van der Waals surface area contributed by atoms with Crippen LogP contribution in [0.3, 0.4) is 0 Å². The molecule has 1 saturated carbocycles. The van der Waals surface area contributed by atoms with Crippen LogP contribution in [-0.4, -0.2) is 37.6 Å². The number of hydrogen-bond donors (Lipinski definition) is 1. The van der Waals surface area contributed by atoms with Crippen LogP contribution in [0.15, 0.2) is 0 Å². The monoisotopic (exact) mass is 260 g/mol. The second kappa shape index (κ2) is 6.40. The Hall–Kier alpha value is 0.210. The maximum Gasteiger partial charge on any atom is 0.00949 e. The number of nitrogens with zero attached hydrogens (tertiary/aromatic N) is 1. The molecule has 1 aliphatic carbocycles. The highest BCUT2D eigenvalue weighted by atomic mass is 35.5. The van der Waals surface area contributed by atoms with Gasteiger partial charge in [0.05, 0.1) is 0 Å². The van der Waals surface area contributed by atoms with Crippen LogP contribution in [-0.2, 0) is 0 Å². The molecule has 1 heterocycles. The molecule has 1 aliphatic heterocycles. The van der Waals surface area contributed by atoms with Crippen molar-refractivity contribution in [3.05, 3.63) is 0 Å². The molecular formula is C14H29ClN2. The predicted octanol–water partition coefficient (Wildman–Crippen LogP) is 2.92. The summed E-state index contributed by atoms with van der Waals surface area (Å²) in [7, 11) is 2.34. The molecule has 0 radical (unpaired) electrons. The first-order valence-corrected chi connectivity index (χ1v) is 7.00. The summed E-state index contributed by atoms with van der Waals surface area (Å²) in [5, 5.41) is 3.50. The van der Waals surface area contributed by atoms with Gasteiger partial charge in [0.1, 0.15) is 0 Å². The van der Waals surface area contributed by atoms with Gasteiger partial charge in [-0.2, -0.15) is 0 Å². The van der Waals surface area contributed by atoms with Crippen LogP contribution in [0.5, 0.6) is 0 Å². The Labute approximate surface area is 113 Å². The highest BCUT2D eigenvalue weighted by molar-refractivity contribution is 5.85. The molecule has 102 valence electrons. The van der Waals surface area contributed by atoms with Gasteiger partial charge in [0.15, 0.2) is 0 Å². The number of hydrogen-bond acceptors (Lipinski definition) is 2. The molecule has 2 nitrogen and oxygen atoms in total. The minimum absolute atomic E-state index is 0. The largest absolute Gasteiger partial charge is 0.316 e. The first kappa shape index (κ1) is 15.3. The van der Waals surface area contributed by atoms with Crippen LogP contribution in [0, 0.1) is 11.3 Å². The minimum atomic E-state index is 0. The third-order valence-corrected chi connectivity index (χ3v) is 4.62. The maximum absolute atomic E-state index is 3.50. The van der Waals surface area contributed by atoms with Crippen molar-refractivity contribution in [2.24, 2.45) is 11.3 Å². The molecule has 0 bridgehead atoms. The lowest BCUT2D eigenvalue weighted by Gasteiger charge is -2.38. The van der Waals surface area contributed by atoms with Crippen LogP contribution in [0.4, 0.5) is 0 Å². The summed E-state index contributed by atoms with van der Waals surface area (Å²) in [6.07, 6.45) is 7.07. The summed E-state index contributed by atoms with van der Waals surface area (Å²) in [4.78, 5) is 2.64. The van der Waals surface area contributed by atoms with E-state index in [1.807, 2.05) is 0 Å². The fourth-order valence-electron chi connectivity index (χ4n) is 3.54. The van der Waals surface area contributed by atoms with Crippen LogP contribution >= 0.6 is 12.4 Å². The summed E-state index contributed by atoms with van der Waals surface area (Å²) in [6.45, 7) is 8.55. The molecule has 1 N–H and O–H groups in total. The fraction of sp³-hybridized carbons (Fsp3) is 1.00. The van der Waals surface area contributed by atoms with E-state index < -0.39 is 0 Å². The molecule has 3 atom stereocenters. The Morgan fingerprint density at radius 2 is 2.12 bits per heavy atom. The van der Waals surface area contributed by atoms with Gasteiger partial charge in [-0.25, -0.2) is 0 Å². The number of rotatable bonds is 3. The molecule has 1 saturated heterocycles. The van der Waals surface area contributed by atoms with Gasteiger partial charge in [-0.05, 0) is 44.2 Å². The normalized spacial score (nSPS) is 38.1. The Morgan fingerprint density at radius 3 is 2.71 bits per heavy atom. The van der Waals surface area contributed by atoms with Crippen molar-refractivity contribution in [3.8, 4) is 0 Å². The second-order valence-electron chi connectivity index (χ2n) is 6.58. The zero-order valence-electron chi connectivity index (χ0n) is 11.7. The topological polar surface area (TPSA) is 15.3 Å². The third kappa shape index (κ3) is 4.11. The Kier molecular flexibility index (Phi) is 5.75. The molecule has 2 rings (SSSR count). The van der Waals surface area contributed by atoms with Gasteiger partial charge in [-0.15, -0.1) is 12.4 Å². The van der Waals surface area contributed by atoms with Crippen LogP contribution in [0.2, 0.25) is 0 Å². The standard InChI is InChI=1S/C14H28N2.ClH/c1-12-5-4-6-13(9-12)16(3)11-14(2)7-8-15-10-14;/h12-13,15H,4-11H2,1-3H3;1H. The highest BCUT2D eigenvalue weighted by Gasteiger charge is 2.32. The number of halogens is 1. The SMILES string of the molecule is CC1CCCC(N(C)CC2(C)CCNC2)C1.Cl. The van der Waals surface area contributed by atoms with Crippen molar-refractivity contribution < 1.29 is 0 Å². The van der Waals surface area contributed by atoms with Crippen molar-refractivity contribution in [1.82, 2.24) is 10.2 Å². The molecule has 2 aliphatic rings. The molecule has 0 amide bonds. The van der Waals surface area contributed by atoms with Crippen LogP contribution in [0.25, 0.3) is 0 Å². The van der Waals surface area contributed by atoms with E-state index >= 15 is 0 Å². The lowest BCUT2D eigenvalue weighted by atomic mass is 9.84. The lowest BCUT2D eigenvalue weighted by Crippen LogP contribution is -2.42. The van der Waals surface area contributed by atoms with E-state index in [-0.39, 0.29) is 12.4 Å². The molecular weight excluding hydrogens is 232 g/mol. The van der Waals surface area contributed by atoms with Gasteiger partial charge in [0.2, 0.25) is 0 Å². The van der Waals surface area contributed by atoms with E-state index in [1.54, 1.807) is 0 Å². The van der Waals surface area contributed by atoms with Crippen molar-refractivity contribution in [1.29, 1.82) is 0 Å². The van der Waals surface area contributed by atoms with E-state index in [0.717, 1.165) is 12.0 Å². The van der Waals surface area contributed by atoms with E-state index in [4.69, 9.17) is 0 Å². The van der Waals surface area contributed by atoms with Crippen molar-refractivity contribution in [3.63, 3.8) is 0 Å². The van der Waals surface area contributed by atoms with E-state index in [2.05, 4.69) is 31.1 Å². The van der Waals surface area contributed by atoms with Gasteiger partial charge in [-0.1, -0.05) is 26.7 Å². The molecule has 0 aromatic heterocycles. The third-order valence-electron chi connectivity index (χ3n) is 4.62. The van der Waals surface area contributed by atoms with Gasteiger partial charge in [0.25, 0.3) is 0 Å². The summed E-state index contributed by atoms with van der Waals surface area (Å²) < 4.78 is 0. The molecule has 17 heavy (non-hydrogen) atoms. The van der Waals surface area contributed by atoms with Crippen molar-refractivity contribution in [2.45, 2.75) is 52.0 Å². The number of nitrogens with one attached hydrogen (secondary N) is 1. The fourth-order valence-corrected chi connectivity index (χ4v) is 3.54. The Morgan fingerprint density at radius 1 is 1.35 bits per heavy atom. The van der Waals surface area contributed by atoms with Gasteiger partial charge in [-0.3, -0.25) is 0 Å². The first-order chi connectivity index (χ1) is 7.59. The molecule has 0 aromatic rings. The summed E-state index contributed by atoms with van der Waals surface area (Å²) in [5.74, 6) is 0.940. The maximum atomic E-state index is 3.50. The zero-order valence-corrected chi connectivity index (χ0v) is 12.5. The molecule has 3 unspecified atom stereocenters. The van der Waals surface area contributed by atoms with Gasteiger partial charge >= 0.3 is 0 Å². The van der Waals surface area contributed by atoms with Gasteiger partial charge < -0.3 is 10.2 Å². The molecule has 0 aromatic carbocycles. The molecule has 0 spiro atoms. The molecule has 2 fully saturated rings. The second-order valence-corrected chi connectivity index (χ2v) is 6.58. The first-order valence-electron chi connectivity index (χ1n) is 7.00. The Bertz CT molecular complexity index is 226. The van der Waals surface area contributed by atoms with Crippen molar-refractivity contribution in [2.75, 3.05) is 26.7 Å². The van der Waals surface area contributed by atoms with Gasteiger partial charge in [0, 0.05) is 19.1 Å². The van der Waals surface area contributed by atoms with Crippen molar-refractivity contribution >= 4 is 12.4 Å². The minimum Gasteiger partial charge on any atom is -0.316 e. The summed E-state index contributed by atoms with van der Waals surface area (Å²) in [5.41, 5.74) is 0.523. The quantitative estimate of drug-likeness (QED) is 0.840. The average Bonchev–Trinajstić information content (AvgIpc) is 2.65. The average molecular weight is 261 g/mol. The Balaban J connectivity index is 0.00000144. The highest BCUT2D eigenvalue weighted by Crippen LogP contribution is 2.31. The van der Waals surface area contributed by atoms with Crippen LogP contribution < -0.4 is 5.32 Å². The molecule has 3 heteroatoms. The van der Waals surface area contributed by atoms with E-state index in [1.165, 1.54) is 51.7 Å². The van der Waals surface area contributed by atoms with E-state index in [9.17, 15) is 0 Å².